The molecule has 0 bridgehead atoms. The van der Waals surface area contributed by atoms with Crippen LogP contribution in [-0.4, -0.2) is 40.7 Å². The Morgan fingerprint density at radius 2 is 2.37 bits per heavy atom. The summed E-state index contributed by atoms with van der Waals surface area (Å²) in [4.78, 5) is 15.9. The maximum Gasteiger partial charge on any atom is 0.252 e. The molecule has 1 amide bonds. The predicted octanol–water partition coefficient (Wildman–Crippen LogP) is 1.30. The topological polar surface area (TPSA) is 62.2 Å². The van der Waals surface area contributed by atoms with Gasteiger partial charge in [0, 0.05) is 29.8 Å². The molecule has 1 atom stereocenters. The first-order valence-electron chi connectivity index (χ1n) is 6.03. The molecule has 0 saturated carbocycles. The molecule has 0 aliphatic rings. The molecule has 0 aliphatic heterocycles. The Labute approximate surface area is 118 Å². The summed E-state index contributed by atoms with van der Waals surface area (Å²) in [6, 6.07) is 1.67. The number of nitrogens with zero attached hydrogens (tertiary/aromatic N) is 1. The highest BCUT2D eigenvalue weighted by atomic mass is 32.2. The van der Waals surface area contributed by atoms with Gasteiger partial charge in [-0.05, 0) is 18.7 Å². The fourth-order valence-electron chi connectivity index (χ4n) is 1.38. The van der Waals surface area contributed by atoms with Gasteiger partial charge in [0.2, 0.25) is 0 Å². The van der Waals surface area contributed by atoms with E-state index in [2.05, 4.69) is 35.3 Å². The molecule has 5 heteroatoms. The Morgan fingerprint density at radius 1 is 1.58 bits per heavy atom. The Hall–Kier alpha value is -1.51. The number of aliphatic hydroxyl groups is 1. The molecule has 1 aromatic heterocycles. The number of hydrogen-bond donors (Lipinski definition) is 2. The lowest BCUT2D eigenvalue weighted by Gasteiger charge is -2.09. The van der Waals surface area contributed by atoms with Crippen molar-refractivity contribution in [1.29, 1.82) is 0 Å². The average molecular weight is 278 g/mol. The average Bonchev–Trinajstić information content (AvgIpc) is 2.45. The molecular weight excluding hydrogens is 260 g/mol. The maximum absolute atomic E-state index is 11.9. The molecule has 2 N–H and O–H groups in total. The molecule has 0 saturated heterocycles. The molecule has 0 radical (unpaired) electrons. The van der Waals surface area contributed by atoms with Crippen LogP contribution in [0.25, 0.3) is 0 Å². The third-order valence-corrected chi connectivity index (χ3v) is 3.59. The van der Waals surface area contributed by atoms with E-state index >= 15 is 0 Å². The van der Waals surface area contributed by atoms with Gasteiger partial charge in [-0.1, -0.05) is 18.8 Å². The van der Waals surface area contributed by atoms with Gasteiger partial charge in [-0.25, -0.2) is 0 Å². The zero-order valence-electron chi connectivity index (χ0n) is 11.1. The summed E-state index contributed by atoms with van der Waals surface area (Å²) in [5, 5.41) is 12.0. The van der Waals surface area contributed by atoms with E-state index in [0.29, 0.717) is 22.9 Å². The number of nitrogens with one attached hydrogen (secondary N) is 1. The van der Waals surface area contributed by atoms with Crippen molar-refractivity contribution in [3.05, 3.63) is 29.6 Å². The second kappa shape index (κ2) is 8.57. The number of aromatic nitrogens is 1. The summed E-state index contributed by atoms with van der Waals surface area (Å²) in [5.74, 6) is 5.11. The van der Waals surface area contributed by atoms with Crippen LogP contribution in [0.2, 0.25) is 0 Å². The van der Waals surface area contributed by atoms with E-state index in [9.17, 15) is 4.79 Å². The van der Waals surface area contributed by atoms with Crippen molar-refractivity contribution < 1.29 is 9.90 Å². The van der Waals surface area contributed by atoms with E-state index in [0.717, 1.165) is 6.42 Å². The second-order valence-corrected chi connectivity index (χ2v) is 5.29. The Bertz CT molecular complexity index is 480. The van der Waals surface area contributed by atoms with Crippen LogP contribution >= 0.6 is 11.8 Å². The number of pyridine rings is 1. The molecule has 4 nitrogen and oxygen atoms in total. The fraction of sp³-hybridized carbons (Fsp3) is 0.429. The normalized spacial score (nSPS) is 11.3. The molecule has 102 valence electrons. The number of carbonyl (C=O) groups is 1. The smallest absolute Gasteiger partial charge is 0.252 e. The highest BCUT2D eigenvalue weighted by Crippen LogP contribution is 2.08. The zero-order valence-corrected chi connectivity index (χ0v) is 12.0. The van der Waals surface area contributed by atoms with Gasteiger partial charge < -0.3 is 10.4 Å². The Morgan fingerprint density at radius 3 is 3.05 bits per heavy atom. The molecule has 19 heavy (non-hydrogen) atoms. The summed E-state index contributed by atoms with van der Waals surface area (Å²) >= 11 is 1.78. The standard InChI is InChI=1S/C14H18N2O2S/c1-11(19-2)5-6-16-14(18)13-8-12(4-3-7-17)9-15-10-13/h8-11,17H,5-7H2,1-2H3,(H,16,18). The number of aliphatic hydroxyl groups excluding tert-OH is 1. The van der Waals surface area contributed by atoms with Crippen LogP contribution in [0, 0.1) is 11.8 Å². The highest BCUT2D eigenvalue weighted by Gasteiger charge is 2.06. The van der Waals surface area contributed by atoms with Crippen LogP contribution < -0.4 is 5.32 Å². The van der Waals surface area contributed by atoms with Crippen molar-refractivity contribution in [3.63, 3.8) is 0 Å². The largest absolute Gasteiger partial charge is 0.384 e. The van der Waals surface area contributed by atoms with Gasteiger partial charge in [0.1, 0.15) is 6.61 Å². The van der Waals surface area contributed by atoms with E-state index < -0.39 is 0 Å². The van der Waals surface area contributed by atoms with Crippen molar-refractivity contribution in [2.24, 2.45) is 0 Å². The second-order valence-electron chi connectivity index (χ2n) is 4.01. The molecule has 1 aromatic rings. The first-order valence-corrected chi connectivity index (χ1v) is 7.32. The molecule has 0 aromatic carbocycles. The lowest BCUT2D eigenvalue weighted by Crippen LogP contribution is -2.26. The SMILES string of the molecule is CSC(C)CCNC(=O)c1cncc(C#CCO)c1. The third-order valence-electron chi connectivity index (χ3n) is 2.55. The quantitative estimate of drug-likeness (QED) is 0.797. The van der Waals surface area contributed by atoms with Crippen LogP contribution in [0.4, 0.5) is 0 Å². The van der Waals surface area contributed by atoms with E-state index in [1.54, 1.807) is 24.0 Å². The minimum Gasteiger partial charge on any atom is -0.384 e. The minimum atomic E-state index is -0.205. The van der Waals surface area contributed by atoms with Crippen molar-refractivity contribution in [3.8, 4) is 11.8 Å². The molecule has 1 rings (SSSR count). The molecule has 0 fully saturated rings. The van der Waals surface area contributed by atoms with Crippen molar-refractivity contribution in [2.45, 2.75) is 18.6 Å². The van der Waals surface area contributed by atoms with Gasteiger partial charge in [0.05, 0.1) is 5.56 Å². The lowest BCUT2D eigenvalue weighted by atomic mass is 10.2. The van der Waals surface area contributed by atoms with E-state index in [1.807, 2.05) is 0 Å². The van der Waals surface area contributed by atoms with Gasteiger partial charge in [0.25, 0.3) is 5.91 Å². The number of rotatable bonds is 5. The van der Waals surface area contributed by atoms with Crippen molar-refractivity contribution in [2.75, 3.05) is 19.4 Å². The molecule has 1 unspecified atom stereocenters. The summed E-state index contributed by atoms with van der Waals surface area (Å²) in [6.07, 6.45) is 6.07. The predicted molar refractivity (Wildman–Crippen MR) is 78.1 cm³/mol. The first kappa shape index (κ1) is 15.5. The summed E-state index contributed by atoms with van der Waals surface area (Å²) in [7, 11) is 0. The summed E-state index contributed by atoms with van der Waals surface area (Å²) in [6.45, 7) is 2.57. The van der Waals surface area contributed by atoms with Crippen LogP contribution in [0.3, 0.4) is 0 Å². The van der Waals surface area contributed by atoms with Gasteiger partial charge in [-0.3, -0.25) is 9.78 Å². The van der Waals surface area contributed by atoms with Gasteiger partial charge in [0.15, 0.2) is 0 Å². The van der Waals surface area contributed by atoms with Crippen LogP contribution in [0.5, 0.6) is 0 Å². The molecule has 0 spiro atoms. The molecule has 0 aliphatic carbocycles. The van der Waals surface area contributed by atoms with Crippen LogP contribution in [0.15, 0.2) is 18.5 Å². The van der Waals surface area contributed by atoms with Crippen molar-refractivity contribution >= 4 is 17.7 Å². The first-order chi connectivity index (χ1) is 9.17. The Kier molecular flexibility index (Phi) is 7.01. The number of hydrogen-bond acceptors (Lipinski definition) is 4. The highest BCUT2D eigenvalue weighted by molar-refractivity contribution is 7.99. The van der Waals surface area contributed by atoms with E-state index in [-0.39, 0.29) is 12.5 Å². The minimum absolute atomic E-state index is 0.145. The van der Waals surface area contributed by atoms with Crippen molar-refractivity contribution in [1.82, 2.24) is 10.3 Å². The Balaban J connectivity index is 2.57. The van der Waals surface area contributed by atoms with E-state index in [4.69, 9.17) is 5.11 Å². The van der Waals surface area contributed by atoms with Gasteiger partial charge in [-0.2, -0.15) is 11.8 Å². The number of carbonyl (C=O) groups excluding carboxylic acids is 1. The summed E-state index contributed by atoms with van der Waals surface area (Å²) in [5.41, 5.74) is 1.11. The third kappa shape index (κ3) is 5.77. The van der Waals surface area contributed by atoms with Crippen LogP contribution in [-0.2, 0) is 0 Å². The van der Waals surface area contributed by atoms with E-state index in [1.165, 1.54) is 6.20 Å². The monoisotopic (exact) mass is 278 g/mol. The van der Waals surface area contributed by atoms with Crippen LogP contribution in [0.1, 0.15) is 29.3 Å². The number of thioether (sulfide) groups is 1. The number of amides is 1. The molecule has 1 heterocycles. The summed E-state index contributed by atoms with van der Waals surface area (Å²) < 4.78 is 0. The maximum atomic E-state index is 11.9. The fourth-order valence-corrected chi connectivity index (χ4v) is 1.74. The van der Waals surface area contributed by atoms with Gasteiger partial charge in [-0.15, -0.1) is 0 Å². The van der Waals surface area contributed by atoms with Gasteiger partial charge >= 0.3 is 0 Å². The molecular formula is C14H18N2O2S. The zero-order chi connectivity index (χ0) is 14.1. The lowest BCUT2D eigenvalue weighted by molar-refractivity contribution is 0.0953.